The number of carbonyl (C=O) groups is 1. The van der Waals surface area contributed by atoms with Crippen LogP contribution in [-0.2, 0) is 4.79 Å². The first-order valence-corrected chi connectivity index (χ1v) is 5.92. The standard InChI is InChI=1S/C12H16O3S/c1-8-4-3-5-9(2)12(8)16-11(15)6-10(14)7-13/h3-5,10,13-14H,6-7H2,1-2H3/t10-/m0/s1. The molecule has 0 heterocycles. The zero-order valence-electron chi connectivity index (χ0n) is 9.43. The third kappa shape index (κ3) is 3.63. The molecule has 1 aromatic carbocycles. The summed E-state index contributed by atoms with van der Waals surface area (Å²) in [6.07, 6.45) is -0.973. The molecule has 1 atom stereocenters. The number of aryl methyl sites for hydroxylation is 2. The van der Waals surface area contributed by atoms with Gasteiger partial charge in [-0.15, -0.1) is 0 Å². The van der Waals surface area contributed by atoms with Crippen molar-refractivity contribution in [2.75, 3.05) is 6.61 Å². The van der Waals surface area contributed by atoms with Crippen molar-refractivity contribution in [3.8, 4) is 0 Å². The van der Waals surface area contributed by atoms with Gasteiger partial charge in [0.15, 0.2) is 5.12 Å². The molecule has 0 saturated heterocycles. The van der Waals surface area contributed by atoms with Crippen LogP contribution in [0, 0.1) is 13.8 Å². The van der Waals surface area contributed by atoms with Crippen LogP contribution in [0.25, 0.3) is 0 Å². The van der Waals surface area contributed by atoms with Crippen molar-refractivity contribution in [3.63, 3.8) is 0 Å². The van der Waals surface area contributed by atoms with Gasteiger partial charge < -0.3 is 10.2 Å². The maximum absolute atomic E-state index is 11.6. The lowest BCUT2D eigenvalue weighted by Gasteiger charge is -2.09. The summed E-state index contributed by atoms with van der Waals surface area (Å²) >= 11 is 1.13. The minimum absolute atomic E-state index is 0.0189. The monoisotopic (exact) mass is 240 g/mol. The van der Waals surface area contributed by atoms with Gasteiger partial charge in [-0.3, -0.25) is 4.79 Å². The highest BCUT2D eigenvalue weighted by atomic mass is 32.2. The number of aliphatic hydroxyl groups excluding tert-OH is 2. The van der Waals surface area contributed by atoms with Gasteiger partial charge in [0.05, 0.1) is 12.7 Å². The van der Waals surface area contributed by atoms with Gasteiger partial charge in [-0.1, -0.05) is 30.0 Å². The fourth-order valence-corrected chi connectivity index (χ4v) is 2.33. The van der Waals surface area contributed by atoms with E-state index in [2.05, 4.69) is 0 Å². The largest absolute Gasteiger partial charge is 0.394 e. The van der Waals surface area contributed by atoms with E-state index < -0.39 is 6.10 Å². The van der Waals surface area contributed by atoms with Gasteiger partial charge >= 0.3 is 0 Å². The Morgan fingerprint density at radius 2 is 1.94 bits per heavy atom. The molecule has 0 fully saturated rings. The maximum atomic E-state index is 11.6. The highest BCUT2D eigenvalue weighted by molar-refractivity contribution is 8.13. The topological polar surface area (TPSA) is 57.5 Å². The van der Waals surface area contributed by atoms with Gasteiger partial charge in [-0.05, 0) is 25.0 Å². The smallest absolute Gasteiger partial charge is 0.196 e. The number of thioether (sulfide) groups is 1. The third-order valence-electron chi connectivity index (χ3n) is 2.24. The first kappa shape index (κ1) is 13.2. The summed E-state index contributed by atoms with van der Waals surface area (Å²) in [5.74, 6) is 0. The van der Waals surface area contributed by atoms with Gasteiger partial charge in [0.25, 0.3) is 0 Å². The number of hydrogen-bond donors (Lipinski definition) is 2. The van der Waals surface area contributed by atoms with E-state index in [1.54, 1.807) is 0 Å². The maximum Gasteiger partial charge on any atom is 0.196 e. The van der Waals surface area contributed by atoms with Crippen LogP contribution in [0.2, 0.25) is 0 Å². The molecular weight excluding hydrogens is 224 g/mol. The molecule has 0 amide bonds. The van der Waals surface area contributed by atoms with Crippen LogP contribution in [-0.4, -0.2) is 28.0 Å². The van der Waals surface area contributed by atoms with E-state index in [0.717, 1.165) is 27.8 Å². The lowest BCUT2D eigenvalue weighted by Crippen LogP contribution is -2.15. The molecule has 4 heteroatoms. The Morgan fingerprint density at radius 1 is 1.38 bits per heavy atom. The van der Waals surface area contributed by atoms with E-state index in [1.165, 1.54) is 0 Å². The van der Waals surface area contributed by atoms with Crippen LogP contribution >= 0.6 is 11.8 Å². The van der Waals surface area contributed by atoms with Gasteiger partial charge in [0, 0.05) is 11.3 Å². The lowest BCUT2D eigenvalue weighted by molar-refractivity contribution is -0.113. The molecule has 2 N–H and O–H groups in total. The Hall–Kier alpha value is -0.840. The van der Waals surface area contributed by atoms with Crippen molar-refractivity contribution in [2.45, 2.75) is 31.3 Å². The molecule has 0 spiro atoms. The highest BCUT2D eigenvalue weighted by Crippen LogP contribution is 2.27. The quantitative estimate of drug-likeness (QED) is 0.786. The Balaban J connectivity index is 2.70. The molecule has 0 aliphatic rings. The molecule has 16 heavy (non-hydrogen) atoms. The Kier molecular flexibility index (Phi) is 4.99. The van der Waals surface area contributed by atoms with Crippen LogP contribution in [0.1, 0.15) is 17.5 Å². The first-order chi connectivity index (χ1) is 7.54. The Morgan fingerprint density at radius 3 is 2.44 bits per heavy atom. The van der Waals surface area contributed by atoms with Crippen molar-refractivity contribution < 1.29 is 15.0 Å². The summed E-state index contributed by atoms with van der Waals surface area (Å²) in [6, 6.07) is 5.85. The van der Waals surface area contributed by atoms with E-state index in [-0.39, 0.29) is 18.1 Å². The third-order valence-corrected chi connectivity index (χ3v) is 3.48. The summed E-state index contributed by atoms with van der Waals surface area (Å²) in [5.41, 5.74) is 2.11. The molecule has 1 rings (SSSR count). The van der Waals surface area contributed by atoms with Crippen LogP contribution in [0.5, 0.6) is 0 Å². The lowest BCUT2D eigenvalue weighted by atomic mass is 10.2. The zero-order chi connectivity index (χ0) is 12.1. The van der Waals surface area contributed by atoms with Crippen molar-refractivity contribution in [2.24, 2.45) is 0 Å². The number of aliphatic hydroxyl groups is 2. The molecule has 0 saturated carbocycles. The van der Waals surface area contributed by atoms with Crippen molar-refractivity contribution in [3.05, 3.63) is 29.3 Å². The zero-order valence-corrected chi connectivity index (χ0v) is 10.3. The molecule has 0 aromatic heterocycles. The van der Waals surface area contributed by atoms with Crippen molar-refractivity contribution in [1.82, 2.24) is 0 Å². The van der Waals surface area contributed by atoms with Crippen molar-refractivity contribution in [1.29, 1.82) is 0 Å². The minimum Gasteiger partial charge on any atom is -0.394 e. The van der Waals surface area contributed by atoms with E-state index in [1.807, 2.05) is 32.0 Å². The Bertz CT molecular complexity index is 356. The minimum atomic E-state index is -0.954. The Labute approximate surface area is 99.5 Å². The van der Waals surface area contributed by atoms with Crippen LogP contribution < -0.4 is 0 Å². The fraction of sp³-hybridized carbons (Fsp3) is 0.417. The number of rotatable bonds is 4. The highest BCUT2D eigenvalue weighted by Gasteiger charge is 2.13. The number of benzene rings is 1. The molecule has 0 aliphatic heterocycles. The average molecular weight is 240 g/mol. The molecule has 0 unspecified atom stereocenters. The second-order valence-electron chi connectivity index (χ2n) is 3.74. The van der Waals surface area contributed by atoms with Gasteiger partial charge in [-0.2, -0.15) is 0 Å². The first-order valence-electron chi connectivity index (χ1n) is 5.10. The summed E-state index contributed by atoms with van der Waals surface area (Å²) in [7, 11) is 0. The predicted octanol–water partition coefficient (Wildman–Crippen LogP) is 1.67. The SMILES string of the molecule is Cc1cccc(C)c1SC(=O)C[C@H](O)CO. The normalized spacial score (nSPS) is 12.5. The van der Waals surface area contributed by atoms with Crippen molar-refractivity contribution >= 4 is 16.9 Å². The average Bonchev–Trinajstić information content (AvgIpc) is 2.23. The van der Waals surface area contributed by atoms with Gasteiger partial charge in [0.2, 0.25) is 0 Å². The number of carbonyl (C=O) groups excluding carboxylic acids is 1. The summed E-state index contributed by atoms with van der Waals surface area (Å²) in [4.78, 5) is 12.5. The van der Waals surface area contributed by atoms with Gasteiger partial charge in [0.1, 0.15) is 0 Å². The van der Waals surface area contributed by atoms with Crippen LogP contribution in [0.3, 0.4) is 0 Å². The van der Waals surface area contributed by atoms with Crippen LogP contribution in [0.15, 0.2) is 23.1 Å². The summed E-state index contributed by atoms with van der Waals surface area (Å²) in [5, 5.41) is 17.7. The molecule has 0 aliphatic carbocycles. The number of hydrogen-bond acceptors (Lipinski definition) is 4. The van der Waals surface area contributed by atoms with E-state index in [9.17, 15) is 4.79 Å². The van der Waals surface area contributed by atoms with E-state index in [0.29, 0.717) is 0 Å². The predicted molar refractivity (Wildman–Crippen MR) is 64.5 cm³/mol. The second-order valence-corrected chi connectivity index (χ2v) is 4.80. The molecule has 88 valence electrons. The molecule has 0 radical (unpaired) electrons. The molecular formula is C12H16O3S. The molecule has 3 nitrogen and oxygen atoms in total. The van der Waals surface area contributed by atoms with Crippen LogP contribution in [0.4, 0.5) is 0 Å². The molecule has 1 aromatic rings. The molecule has 0 bridgehead atoms. The summed E-state index contributed by atoms with van der Waals surface area (Å²) in [6.45, 7) is 3.52. The van der Waals surface area contributed by atoms with E-state index in [4.69, 9.17) is 10.2 Å². The second kappa shape index (κ2) is 6.03. The van der Waals surface area contributed by atoms with Gasteiger partial charge in [-0.25, -0.2) is 0 Å². The van der Waals surface area contributed by atoms with E-state index >= 15 is 0 Å². The fourth-order valence-electron chi connectivity index (χ4n) is 1.37. The summed E-state index contributed by atoms with van der Waals surface area (Å²) < 4.78 is 0.